The molecule has 1 heterocycles. The van der Waals surface area contributed by atoms with Gasteiger partial charge in [-0.3, -0.25) is 0 Å². The second-order valence-corrected chi connectivity index (χ2v) is 7.07. The summed E-state index contributed by atoms with van der Waals surface area (Å²) in [4.78, 5) is 12.2. The van der Waals surface area contributed by atoms with Crippen LogP contribution in [0.25, 0.3) is 0 Å². The quantitative estimate of drug-likeness (QED) is 0.529. The van der Waals surface area contributed by atoms with Gasteiger partial charge >= 0.3 is 5.97 Å². The summed E-state index contributed by atoms with van der Waals surface area (Å²) in [7, 11) is 0. The van der Waals surface area contributed by atoms with Gasteiger partial charge in [-0.05, 0) is 30.5 Å². The van der Waals surface area contributed by atoms with Crippen LogP contribution in [0.2, 0.25) is 0 Å². The molecule has 1 N–H and O–H groups in total. The van der Waals surface area contributed by atoms with Crippen molar-refractivity contribution in [3.63, 3.8) is 0 Å². The van der Waals surface area contributed by atoms with Crippen LogP contribution in [0.1, 0.15) is 35.7 Å². The molecule has 5 heteroatoms. The number of carbonyl (C=O) groups excluding carboxylic acids is 1. The summed E-state index contributed by atoms with van der Waals surface area (Å²) in [6, 6.07) is 18.9. The molecule has 4 unspecified atom stereocenters. The van der Waals surface area contributed by atoms with Crippen molar-refractivity contribution in [2.45, 2.75) is 44.7 Å². The van der Waals surface area contributed by atoms with E-state index in [4.69, 9.17) is 14.2 Å². The number of benzene rings is 2. The lowest BCUT2D eigenvalue weighted by Gasteiger charge is -2.20. The molecular formula is C23H28O5. The number of hydrogen-bond donors (Lipinski definition) is 1. The maximum atomic E-state index is 12.2. The lowest BCUT2D eigenvalue weighted by Crippen LogP contribution is -2.31. The van der Waals surface area contributed by atoms with E-state index >= 15 is 0 Å². The van der Waals surface area contributed by atoms with E-state index in [9.17, 15) is 9.90 Å². The van der Waals surface area contributed by atoms with Crippen molar-refractivity contribution in [1.82, 2.24) is 0 Å². The van der Waals surface area contributed by atoms with Crippen molar-refractivity contribution in [1.29, 1.82) is 0 Å². The zero-order chi connectivity index (χ0) is 19.8. The van der Waals surface area contributed by atoms with Gasteiger partial charge in [0.25, 0.3) is 0 Å². The van der Waals surface area contributed by atoms with Crippen LogP contribution < -0.4 is 0 Å². The van der Waals surface area contributed by atoms with Crippen molar-refractivity contribution in [2.75, 3.05) is 13.2 Å². The summed E-state index contributed by atoms with van der Waals surface area (Å²) < 4.78 is 17.2. The maximum absolute atomic E-state index is 12.2. The highest BCUT2D eigenvalue weighted by molar-refractivity contribution is 5.89. The van der Waals surface area contributed by atoms with Crippen LogP contribution in [-0.2, 0) is 20.8 Å². The Morgan fingerprint density at radius 2 is 1.71 bits per heavy atom. The first-order chi connectivity index (χ1) is 13.7. The van der Waals surface area contributed by atoms with Gasteiger partial charge in [-0.1, -0.05) is 55.5 Å². The molecule has 5 nitrogen and oxygen atoms in total. The number of aliphatic hydroxyl groups is 1. The van der Waals surface area contributed by atoms with Crippen LogP contribution >= 0.6 is 0 Å². The minimum absolute atomic E-state index is 0.121. The lowest BCUT2D eigenvalue weighted by atomic mass is 9.92. The van der Waals surface area contributed by atoms with Gasteiger partial charge < -0.3 is 19.3 Å². The zero-order valence-electron chi connectivity index (χ0n) is 16.2. The lowest BCUT2D eigenvalue weighted by molar-refractivity contribution is -0.0254. The molecule has 1 fully saturated rings. The van der Waals surface area contributed by atoms with Crippen molar-refractivity contribution in [3.8, 4) is 0 Å². The first-order valence-electron chi connectivity index (χ1n) is 9.86. The van der Waals surface area contributed by atoms with Gasteiger partial charge in [0.1, 0.15) is 6.61 Å². The number of carbonyl (C=O) groups is 1. The van der Waals surface area contributed by atoms with Crippen LogP contribution in [0, 0.1) is 5.92 Å². The minimum atomic E-state index is -0.578. The van der Waals surface area contributed by atoms with E-state index in [1.807, 2.05) is 43.3 Å². The summed E-state index contributed by atoms with van der Waals surface area (Å²) >= 11 is 0. The van der Waals surface area contributed by atoms with Gasteiger partial charge in [0, 0.05) is 12.5 Å². The summed E-state index contributed by atoms with van der Waals surface area (Å²) in [5.74, 6) is -0.498. The van der Waals surface area contributed by atoms with Gasteiger partial charge in [-0.15, -0.1) is 0 Å². The van der Waals surface area contributed by atoms with Crippen LogP contribution in [0.3, 0.4) is 0 Å². The molecule has 1 aliphatic rings. The Morgan fingerprint density at radius 3 is 2.39 bits per heavy atom. The molecule has 0 bridgehead atoms. The van der Waals surface area contributed by atoms with Crippen LogP contribution in [-0.4, -0.2) is 42.6 Å². The minimum Gasteiger partial charge on any atom is -0.459 e. The second-order valence-electron chi connectivity index (χ2n) is 7.07. The van der Waals surface area contributed by atoms with Crippen molar-refractivity contribution >= 4 is 5.97 Å². The maximum Gasteiger partial charge on any atom is 0.338 e. The van der Waals surface area contributed by atoms with E-state index in [-0.39, 0.29) is 30.7 Å². The van der Waals surface area contributed by atoms with Crippen LogP contribution in [0.5, 0.6) is 0 Å². The average Bonchev–Trinajstić information content (AvgIpc) is 3.05. The average molecular weight is 384 g/mol. The summed E-state index contributed by atoms with van der Waals surface area (Å²) in [6.45, 7) is 3.16. The van der Waals surface area contributed by atoms with Crippen LogP contribution in [0.4, 0.5) is 0 Å². The fourth-order valence-corrected chi connectivity index (χ4v) is 3.56. The summed E-state index contributed by atoms with van der Waals surface area (Å²) in [5, 5.41) is 10.6. The Bertz CT molecular complexity index is 718. The van der Waals surface area contributed by atoms with Gasteiger partial charge in [0.05, 0.1) is 30.5 Å². The Labute approximate surface area is 166 Å². The number of hydrogen-bond acceptors (Lipinski definition) is 5. The van der Waals surface area contributed by atoms with E-state index in [1.54, 1.807) is 24.3 Å². The first kappa shape index (κ1) is 20.5. The Hall–Kier alpha value is -2.21. The number of esters is 1. The molecule has 3 rings (SSSR count). The second kappa shape index (κ2) is 10.4. The standard InChI is InChI=1S/C23H28O5/c1-2-20-22(24)19(13-14-26-15-17-9-5-3-6-10-17)21(28-20)16-27-23(25)18-11-7-4-8-12-18/h3-12,19-22,24H,2,13-16H2,1H3. The van der Waals surface area contributed by atoms with Gasteiger partial charge in [0.15, 0.2) is 0 Å². The van der Waals surface area contributed by atoms with Crippen molar-refractivity contribution in [2.24, 2.45) is 5.92 Å². The monoisotopic (exact) mass is 384 g/mol. The number of aliphatic hydroxyl groups excluding tert-OH is 1. The van der Waals surface area contributed by atoms with Crippen LogP contribution in [0.15, 0.2) is 60.7 Å². The molecule has 1 aliphatic heterocycles. The normalized spacial score (nSPS) is 24.2. The van der Waals surface area contributed by atoms with Gasteiger partial charge in [0.2, 0.25) is 0 Å². The van der Waals surface area contributed by atoms with E-state index < -0.39 is 6.10 Å². The summed E-state index contributed by atoms with van der Waals surface area (Å²) in [6.07, 6.45) is 0.224. The fourth-order valence-electron chi connectivity index (χ4n) is 3.56. The molecule has 0 spiro atoms. The third kappa shape index (κ3) is 5.41. The molecular weight excluding hydrogens is 356 g/mol. The molecule has 0 aromatic heterocycles. The Balaban J connectivity index is 1.50. The molecule has 0 aliphatic carbocycles. The number of ether oxygens (including phenoxy) is 3. The Kier molecular flexibility index (Phi) is 7.60. The molecule has 0 amide bonds. The Morgan fingerprint density at radius 1 is 1.04 bits per heavy atom. The molecule has 0 radical (unpaired) electrons. The fraction of sp³-hybridized carbons (Fsp3) is 0.435. The highest BCUT2D eigenvalue weighted by Gasteiger charge is 2.42. The van der Waals surface area contributed by atoms with E-state index in [2.05, 4.69) is 0 Å². The molecule has 1 saturated heterocycles. The number of rotatable bonds is 9. The van der Waals surface area contributed by atoms with Crippen molar-refractivity contribution in [3.05, 3.63) is 71.8 Å². The smallest absolute Gasteiger partial charge is 0.338 e. The van der Waals surface area contributed by atoms with E-state index in [0.717, 1.165) is 5.56 Å². The van der Waals surface area contributed by atoms with E-state index in [1.165, 1.54) is 0 Å². The topological polar surface area (TPSA) is 65.0 Å². The van der Waals surface area contributed by atoms with Crippen molar-refractivity contribution < 1.29 is 24.1 Å². The molecule has 150 valence electrons. The highest BCUT2D eigenvalue weighted by Crippen LogP contribution is 2.32. The highest BCUT2D eigenvalue weighted by atomic mass is 16.6. The third-order valence-corrected chi connectivity index (χ3v) is 5.14. The van der Waals surface area contributed by atoms with Gasteiger partial charge in [-0.25, -0.2) is 4.79 Å². The van der Waals surface area contributed by atoms with E-state index in [0.29, 0.717) is 31.6 Å². The molecule has 4 atom stereocenters. The molecule has 2 aromatic carbocycles. The predicted octanol–water partition coefficient (Wildman–Crippen LogP) is 3.60. The largest absolute Gasteiger partial charge is 0.459 e. The predicted molar refractivity (Wildman–Crippen MR) is 106 cm³/mol. The third-order valence-electron chi connectivity index (χ3n) is 5.14. The molecule has 28 heavy (non-hydrogen) atoms. The molecule has 2 aromatic rings. The molecule has 0 saturated carbocycles. The van der Waals surface area contributed by atoms with Gasteiger partial charge in [-0.2, -0.15) is 0 Å². The zero-order valence-corrected chi connectivity index (χ0v) is 16.2. The first-order valence-corrected chi connectivity index (χ1v) is 9.86. The SMILES string of the molecule is CCC1OC(COC(=O)c2ccccc2)C(CCOCc2ccccc2)C1O. The summed E-state index contributed by atoms with van der Waals surface area (Å²) in [5.41, 5.74) is 1.63.